The second-order valence-corrected chi connectivity index (χ2v) is 3.28. The zero-order valence-corrected chi connectivity index (χ0v) is 6.98. The van der Waals surface area contributed by atoms with Gasteiger partial charge in [-0.25, -0.2) is 0 Å². The molecular weight excluding hydrogens is 126 g/mol. The highest BCUT2D eigenvalue weighted by Gasteiger charge is 2.08. The Kier molecular flexibility index (Phi) is 4.60. The zero-order valence-electron chi connectivity index (χ0n) is 6.98. The van der Waals surface area contributed by atoms with Crippen molar-refractivity contribution in [3.63, 3.8) is 0 Å². The Hall–Kier alpha value is -0.120. The van der Waals surface area contributed by atoms with Crippen LogP contribution in [0.2, 0.25) is 0 Å². The Balaban J connectivity index is 3.04. The van der Waals surface area contributed by atoms with Gasteiger partial charge in [-0.2, -0.15) is 0 Å². The van der Waals surface area contributed by atoms with E-state index in [0.29, 0.717) is 6.54 Å². The van der Waals surface area contributed by atoms with Gasteiger partial charge in [0.05, 0.1) is 0 Å². The summed E-state index contributed by atoms with van der Waals surface area (Å²) in [5.74, 6) is 0. The summed E-state index contributed by atoms with van der Waals surface area (Å²) in [6.45, 7) is 6.59. The molecule has 10 heavy (non-hydrogen) atoms. The molecule has 0 aromatic rings. The average molecular weight is 145 g/mol. The summed E-state index contributed by atoms with van der Waals surface area (Å²) < 4.78 is 0. The largest absolute Gasteiger partial charge is 0.329 e. The second kappa shape index (κ2) is 4.66. The summed E-state index contributed by atoms with van der Waals surface area (Å²) in [6, 6.07) is 0. The molecule has 5 N–H and O–H groups in total. The van der Waals surface area contributed by atoms with E-state index >= 15 is 0 Å². The molecular formula is C7H19N3. The van der Waals surface area contributed by atoms with Crippen LogP contribution in [0.25, 0.3) is 0 Å². The minimum atomic E-state index is -0.0540. The molecule has 0 aliphatic rings. The number of nitrogens with two attached hydrogens (primary N) is 2. The Morgan fingerprint density at radius 3 is 2.30 bits per heavy atom. The molecule has 0 heterocycles. The van der Waals surface area contributed by atoms with Crippen LogP contribution in [0, 0.1) is 0 Å². The van der Waals surface area contributed by atoms with Crippen molar-refractivity contribution < 1.29 is 0 Å². The Morgan fingerprint density at radius 1 is 1.30 bits per heavy atom. The lowest BCUT2D eigenvalue weighted by atomic mass is 10.0. The fourth-order valence-electron chi connectivity index (χ4n) is 0.638. The molecule has 3 nitrogen and oxygen atoms in total. The molecule has 0 radical (unpaired) electrons. The molecule has 0 fully saturated rings. The number of nitrogens with one attached hydrogen (secondary N) is 1. The fraction of sp³-hybridized carbons (Fsp3) is 1.00. The molecule has 62 valence electrons. The highest BCUT2D eigenvalue weighted by atomic mass is 14.9. The van der Waals surface area contributed by atoms with Crippen LogP contribution in [0.15, 0.2) is 0 Å². The Labute approximate surface area is 63.2 Å². The van der Waals surface area contributed by atoms with E-state index in [4.69, 9.17) is 11.5 Å². The van der Waals surface area contributed by atoms with Crippen LogP contribution in [0.5, 0.6) is 0 Å². The molecule has 0 spiro atoms. The van der Waals surface area contributed by atoms with E-state index in [1.54, 1.807) is 0 Å². The average Bonchev–Trinajstić information content (AvgIpc) is 1.78. The van der Waals surface area contributed by atoms with Gasteiger partial charge in [-0.15, -0.1) is 0 Å². The van der Waals surface area contributed by atoms with Crippen LogP contribution in [-0.2, 0) is 0 Å². The summed E-state index contributed by atoms with van der Waals surface area (Å²) in [5, 5.41) is 3.19. The molecule has 0 bridgehead atoms. The van der Waals surface area contributed by atoms with Gasteiger partial charge in [-0.05, 0) is 26.8 Å². The molecule has 0 aromatic carbocycles. The van der Waals surface area contributed by atoms with Gasteiger partial charge in [-0.3, -0.25) is 0 Å². The van der Waals surface area contributed by atoms with Gasteiger partial charge in [0.2, 0.25) is 0 Å². The molecule has 0 saturated carbocycles. The van der Waals surface area contributed by atoms with Crippen molar-refractivity contribution in [2.75, 3.05) is 19.6 Å². The lowest BCUT2D eigenvalue weighted by Crippen LogP contribution is -2.36. The first-order chi connectivity index (χ1) is 4.56. The molecule has 0 rings (SSSR count). The highest BCUT2D eigenvalue weighted by molar-refractivity contribution is 4.72. The van der Waals surface area contributed by atoms with Gasteiger partial charge >= 0.3 is 0 Å². The topological polar surface area (TPSA) is 64.1 Å². The highest BCUT2D eigenvalue weighted by Crippen LogP contribution is 2.00. The maximum Gasteiger partial charge on any atom is 0.0109 e. The van der Waals surface area contributed by atoms with Crippen molar-refractivity contribution in [2.45, 2.75) is 25.8 Å². The van der Waals surface area contributed by atoms with Crippen molar-refractivity contribution in [1.29, 1.82) is 0 Å². The van der Waals surface area contributed by atoms with Crippen LogP contribution in [0.4, 0.5) is 0 Å². The predicted molar refractivity (Wildman–Crippen MR) is 44.8 cm³/mol. The molecule has 0 aliphatic carbocycles. The van der Waals surface area contributed by atoms with Crippen LogP contribution in [0.1, 0.15) is 20.3 Å². The smallest absolute Gasteiger partial charge is 0.0109 e. The summed E-state index contributed by atoms with van der Waals surface area (Å²) in [7, 11) is 0. The first kappa shape index (κ1) is 9.88. The van der Waals surface area contributed by atoms with Crippen LogP contribution in [0.3, 0.4) is 0 Å². The summed E-state index contributed by atoms with van der Waals surface area (Å²) in [5.41, 5.74) is 11.0. The quantitative estimate of drug-likeness (QED) is 0.464. The van der Waals surface area contributed by atoms with E-state index in [9.17, 15) is 0 Å². The third-order valence-corrected chi connectivity index (χ3v) is 1.27. The maximum atomic E-state index is 5.75. The van der Waals surface area contributed by atoms with E-state index in [2.05, 4.69) is 5.32 Å². The van der Waals surface area contributed by atoms with Crippen molar-refractivity contribution in [3.8, 4) is 0 Å². The summed E-state index contributed by atoms with van der Waals surface area (Å²) >= 11 is 0. The van der Waals surface area contributed by atoms with Crippen molar-refractivity contribution >= 4 is 0 Å². The van der Waals surface area contributed by atoms with Crippen molar-refractivity contribution in [3.05, 3.63) is 0 Å². The molecule has 0 saturated heterocycles. The van der Waals surface area contributed by atoms with Crippen LogP contribution in [-0.4, -0.2) is 25.2 Å². The van der Waals surface area contributed by atoms with Crippen molar-refractivity contribution in [1.82, 2.24) is 5.32 Å². The maximum absolute atomic E-state index is 5.75. The third-order valence-electron chi connectivity index (χ3n) is 1.27. The minimum Gasteiger partial charge on any atom is -0.329 e. The third kappa shape index (κ3) is 7.88. The number of rotatable bonds is 5. The predicted octanol–water partition coefficient (Wildman–Crippen LogP) is -0.338. The zero-order chi connectivity index (χ0) is 8.04. The van der Waals surface area contributed by atoms with E-state index in [0.717, 1.165) is 19.5 Å². The van der Waals surface area contributed by atoms with Gasteiger partial charge in [0.25, 0.3) is 0 Å². The first-order valence-electron chi connectivity index (χ1n) is 3.76. The lowest BCUT2D eigenvalue weighted by molar-refractivity contribution is 0.457. The van der Waals surface area contributed by atoms with Gasteiger partial charge in [0, 0.05) is 18.6 Å². The molecule has 0 aliphatic heterocycles. The van der Waals surface area contributed by atoms with E-state index in [1.165, 1.54) is 0 Å². The Morgan fingerprint density at radius 2 is 1.90 bits per heavy atom. The molecule has 0 unspecified atom stereocenters. The van der Waals surface area contributed by atoms with Crippen molar-refractivity contribution in [2.24, 2.45) is 11.5 Å². The molecule has 0 aromatic heterocycles. The molecule has 0 amide bonds. The van der Waals surface area contributed by atoms with E-state index < -0.39 is 0 Å². The SMILES string of the molecule is CC(C)(N)CCNCCN. The Bertz CT molecular complexity index is 75.4. The van der Waals surface area contributed by atoms with E-state index in [-0.39, 0.29) is 5.54 Å². The van der Waals surface area contributed by atoms with E-state index in [1.807, 2.05) is 13.8 Å². The normalized spacial score (nSPS) is 12.0. The second-order valence-electron chi connectivity index (χ2n) is 3.28. The van der Waals surface area contributed by atoms with Gasteiger partial charge in [-0.1, -0.05) is 0 Å². The van der Waals surface area contributed by atoms with Crippen LogP contribution < -0.4 is 16.8 Å². The van der Waals surface area contributed by atoms with Gasteiger partial charge in [0.1, 0.15) is 0 Å². The number of hydrogen-bond donors (Lipinski definition) is 3. The standard InChI is InChI=1S/C7H19N3/c1-7(2,9)3-5-10-6-4-8/h10H,3-6,8-9H2,1-2H3. The molecule has 0 atom stereocenters. The van der Waals surface area contributed by atoms with Crippen LogP contribution >= 0.6 is 0 Å². The summed E-state index contributed by atoms with van der Waals surface area (Å²) in [6.07, 6.45) is 0.993. The van der Waals surface area contributed by atoms with Gasteiger partial charge < -0.3 is 16.8 Å². The lowest BCUT2D eigenvalue weighted by Gasteiger charge is -2.17. The molecule has 3 heteroatoms. The fourth-order valence-corrected chi connectivity index (χ4v) is 0.638. The monoisotopic (exact) mass is 145 g/mol. The number of hydrogen-bond acceptors (Lipinski definition) is 3. The minimum absolute atomic E-state index is 0.0540. The first-order valence-corrected chi connectivity index (χ1v) is 3.76. The summed E-state index contributed by atoms with van der Waals surface area (Å²) in [4.78, 5) is 0. The van der Waals surface area contributed by atoms with Gasteiger partial charge in [0.15, 0.2) is 0 Å².